The highest BCUT2D eigenvalue weighted by atomic mass is 79.9. The highest BCUT2D eigenvalue weighted by molar-refractivity contribution is 9.10. The first-order chi connectivity index (χ1) is 18.8. The number of methoxy groups -OCH3 is 1. The topological polar surface area (TPSA) is 140 Å². The van der Waals surface area contributed by atoms with Crippen molar-refractivity contribution in [3.63, 3.8) is 0 Å². The van der Waals surface area contributed by atoms with Gasteiger partial charge in [-0.1, -0.05) is 15.9 Å². The third-order valence-electron chi connectivity index (χ3n) is 6.35. The average Bonchev–Trinajstić information content (AvgIpc) is 3.30. The zero-order valence-electron chi connectivity index (χ0n) is 23.6. The fourth-order valence-corrected chi connectivity index (χ4v) is 5.65. The minimum Gasteiger partial charge on any atom is -0.497 e. The first kappa shape index (κ1) is 30.3. The Morgan fingerprint density at radius 2 is 1.77 bits per heavy atom. The van der Waals surface area contributed by atoms with E-state index in [0.717, 1.165) is 10.0 Å². The standard InChI is InChI=1S/C26H35BrN6O6S/c1-15(2)39-22(23-28-11-16(3)12-29-23)17(4)40(34,35)32-25-31-30-24(20-10-19(36-7)8-9-21(20)27)33(25)18-13-37-26(5,6)38-14-18/h8-12,15,17-18,22H,13-14H2,1-7H3,(H,31,32)/t17-,22+/m0/s1. The van der Waals surface area contributed by atoms with Gasteiger partial charge in [0.2, 0.25) is 16.0 Å². The Balaban J connectivity index is 1.74. The molecule has 0 radical (unpaired) electrons. The summed E-state index contributed by atoms with van der Waals surface area (Å²) in [5.41, 5.74) is 1.51. The molecule has 0 aliphatic carbocycles. The van der Waals surface area contributed by atoms with E-state index in [1.165, 1.54) is 0 Å². The summed E-state index contributed by atoms with van der Waals surface area (Å²) in [6.45, 7) is 11.2. The molecule has 40 heavy (non-hydrogen) atoms. The third kappa shape index (κ3) is 6.79. The summed E-state index contributed by atoms with van der Waals surface area (Å²) in [6.07, 6.45) is 2.06. The van der Waals surface area contributed by atoms with Gasteiger partial charge in [-0.15, -0.1) is 10.2 Å². The molecule has 1 N–H and O–H groups in total. The Bertz CT molecular complexity index is 1420. The van der Waals surface area contributed by atoms with Crippen molar-refractivity contribution in [1.82, 2.24) is 24.7 Å². The van der Waals surface area contributed by atoms with Gasteiger partial charge in [0.05, 0.1) is 32.5 Å². The van der Waals surface area contributed by atoms with Gasteiger partial charge >= 0.3 is 0 Å². The van der Waals surface area contributed by atoms with Gasteiger partial charge in [-0.3, -0.25) is 9.29 Å². The first-order valence-corrected chi connectivity index (χ1v) is 15.2. The van der Waals surface area contributed by atoms with Gasteiger partial charge in [0.25, 0.3) is 0 Å². The van der Waals surface area contributed by atoms with E-state index in [2.05, 4.69) is 40.8 Å². The third-order valence-corrected chi connectivity index (χ3v) is 8.73. The monoisotopic (exact) mass is 638 g/mol. The molecular formula is C26H35BrN6O6S. The number of nitrogens with zero attached hydrogens (tertiary/aromatic N) is 5. The second-order valence-electron chi connectivity index (χ2n) is 10.3. The van der Waals surface area contributed by atoms with Gasteiger partial charge < -0.3 is 18.9 Å². The van der Waals surface area contributed by atoms with E-state index in [-0.39, 0.29) is 31.1 Å². The minimum absolute atomic E-state index is 0.0154. The number of benzene rings is 1. The Kier molecular flexibility index (Phi) is 9.15. The molecule has 1 aromatic carbocycles. The van der Waals surface area contributed by atoms with Crippen LogP contribution in [-0.4, -0.2) is 70.6 Å². The van der Waals surface area contributed by atoms with Crippen molar-refractivity contribution < 1.29 is 27.4 Å². The van der Waals surface area contributed by atoms with Crippen molar-refractivity contribution >= 4 is 31.9 Å². The molecule has 3 heterocycles. The van der Waals surface area contributed by atoms with E-state index in [9.17, 15) is 8.42 Å². The average molecular weight is 640 g/mol. The molecule has 0 spiro atoms. The van der Waals surface area contributed by atoms with Crippen LogP contribution in [-0.2, 0) is 24.2 Å². The number of halogens is 1. The largest absolute Gasteiger partial charge is 0.497 e. The van der Waals surface area contributed by atoms with E-state index in [1.807, 2.05) is 40.7 Å². The lowest BCUT2D eigenvalue weighted by atomic mass is 10.1. The Morgan fingerprint density at radius 1 is 1.12 bits per heavy atom. The number of ether oxygens (including phenoxy) is 4. The van der Waals surface area contributed by atoms with Crippen LogP contribution in [0.15, 0.2) is 35.1 Å². The molecule has 1 fully saturated rings. The van der Waals surface area contributed by atoms with Crippen molar-refractivity contribution in [3.8, 4) is 17.1 Å². The van der Waals surface area contributed by atoms with E-state index in [0.29, 0.717) is 17.1 Å². The fourth-order valence-electron chi connectivity index (χ4n) is 4.13. The van der Waals surface area contributed by atoms with Crippen molar-refractivity contribution in [1.29, 1.82) is 0 Å². The van der Waals surface area contributed by atoms with Crippen molar-refractivity contribution in [2.45, 2.75) is 70.8 Å². The predicted octanol–water partition coefficient (Wildman–Crippen LogP) is 4.44. The summed E-state index contributed by atoms with van der Waals surface area (Å²) in [7, 11) is -2.52. The lowest BCUT2D eigenvalue weighted by Crippen LogP contribution is -2.41. The number of hydrogen-bond donors (Lipinski definition) is 1. The van der Waals surface area contributed by atoms with Gasteiger partial charge in [0.15, 0.2) is 17.4 Å². The molecule has 2 atom stereocenters. The molecule has 12 nitrogen and oxygen atoms in total. The molecule has 1 aliphatic rings. The van der Waals surface area contributed by atoms with Crippen molar-refractivity contribution in [2.75, 3.05) is 25.0 Å². The van der Waals surface area contributed by atoms with Crippen molar-refractivity contribution in [3.05, 3.63) is 46.5 Å². The maximum Gasteiger partial charge on any atom is 0.240 e. The number of hydrogen-bond acceptors (Lipinski definition) is 10. The van der Waals surface area contributed by atoms with Crippen LogP contribution in [0.1, 0.15) is 58.2 Å². The second-order valence-corrected chi connectivity index (χ2v) is 13.2. The van der Waals surface area contributed by atoms with E-state index in [1.54, 1.807) is 43.1 Å². The van der Waals surface area contributed by atoms with Crippen LogP contribution in [0.5, 0.6) is 5.75 Å². The molecule has 4 rings (SSSR count). The molecule has 2 aromatic heterocycles. The van der Waals surface area contributed by atoms with Gasteiger partial charge in [-0.2, -0.15) is 0 Å². The number of nitrogens with one attached hydrogen (secondary N) is 1. The second kappa shape index (κ2) is 12.1. The van der Waals surface area contributed by atoms with Gasteiger partial charge in [0.1, 0.15) is 17.1 Å². The zero-order valence-corrected chi connectivity index (χ0v) is 26.0. The number of anilines is 1. The van der Waals surface area contributed by atoms with E-state index in [4.69, 9.17) is 18.9 Å². The highest BCUT2D eigenvalue weighted by Gasteiger charge is 2.37. The fraction of sp³-hybridized carbons (Fsp3) is 0.538. The van der Waals surface area contributed by atoms with Gasteiger partial charge in [0, 0.05) is 22.4 Å². The number of aromatic nitrogens is 5. The van der Waals surface area contributed by atoms with Crippen LogP contribution in [0.2, 0.25) is 0 Å². The maximum absolute atomic E-state index is 13.8. The Hall–Kier alpha value is -2.65. The Morgan fingerprint density at radius 3 is 2.38 bits per heavy atom. The lowest BCUT2D eigenvalue weighted by molar-refractivity contribution is -0.258. The van der Waals surface area contributed by atoms with Crippen LogP contribution < -0.4 is 9.46 Å². The molecule has 3 aromatic rings. The van der Waals surface area contributed by atoms with E-state index >= 15 is 0 Å². The minimum atomic E-state index is -4.09. The normalized spacial score (nSPS) is 17.5. The van der Waals surface area contributed by atoms with Gasteiger partial charge in [-0.05, 0) is 65.3 Å². The van der Waals surface area contributed by atoms with Crippen LogP contribution in [0.3, 0.4) is 0 Å². The van der Waals surface area contributed by atoms with E-state index < -0.39 is 33.2 Å². The summed E-state index contributed by atoms with van der Waals surface area (Å²) in [4.78, 5) is 8.67. The van der Waals surface area contributed by atoms with Crippen LogP contribution in [0, 0.1) is 6.92 Å². The molecule has 0 amide bonds. The highest BCUT2D eigenvalue weighted by Crippen LogP contribution is 2.36. The number of sulfonamides is 1. The molecule has 1 saturated heterocycles. The number of rotatable bonds is 10. The predicted molar refractivity (Wildman–Crippen MR) is 152 cm³/mol. The summed E-state index contributed by atoms with van der Waals surface area (Å²) in [5.74, 6) is 0.528. The molecule has 0 bridgehead atoms. The maximum atomic E-state index is 13.8. The summed E-state index contributed by atoms with van der Waals surface area (Å²) >= 11 is 3.57. The van der Waals surface area contributed by atoms with Crippen LogP contribution in [0.25, 0.3) is 11.4 Å². The van der Waals surface area contributed by atoms with Crippen molar-refractivity contribution in [2.24, 2.45) is 0 Å². The molecule has 0 unspecified atom stereocenters. The zero-order chi connectivity index (χ0) is 29.2. The quantitative estimate of drug-likeness (QED) is 0.339. The van der Waals surface area contributed by atoms with Crippen LogP contribution in [0.4, 0.5) is 5.95 Å². The smallest absolute Gasteiger partial charge is 0.240 e. The molecule has 1 aliphatic heterocycles. The lowest BCUT2D eigenvalue weighted by Gasteiger charge is -2.36. The number of aryl methyl sites for hydroxylation is 1. The molecule has 14 heteroatoms. The summed E-state index contributed by atoms with van der Waals surface area (Å²) in [5, 5.41) is 7.55. The SMILES string of the molecule is COc1ccc(Br)c(-c2nnc(NS(=O)(=O)[C@@H](C)[C@@H](OC(C)C)c3ncc(C)cn3)n2C2COC(C)(C)OC2)c1. The first-order valence-electron chi connectivity index (χ1n) is 12.8. The molecule has 0 saturated carbocycles. The summed E-state index contributed by atoms with van der Waals surface area (Å²) < 4.78 is 55.8. The summed E-state index contributed by atoms with van der Waals surface area (Å²) in [6, 6.07) is 5.00. The molecule has 218 valence electrons. The van der Waals surface area contributed by atoms with Crippen LogP contribution >= 0.6 is 15.9 Å². The molecular weight excluding hydrogens is 604 g/mol. The Labute approximate surface area is 243 Å². The van der Waals surface area contributed by atoms with Gasteiger partial charge in [-0.25, -0.2) is 18.4 Å².